The van der Waals surface area contributed by atoms with E-state index in [4.69, 9.17) is 11.6 Å². The molecule has 2 amide bonds. The summed E-state index contributed by atoms with van der Waals surface area (Å²) in [4.78, 5) is 25.2. The minimum atomic E-state index is -0.534. The molecule has 3 atom stereocenters. The van der Waals surface area contributed by atoms with E-state index in [9.17, 15) is 9.59 Å². The summed E-state index contributed by atoms with van der Waals surface area (Å²) in [5, 5.41) is 9.93. The van der Waals surface area contributed by atoms with Crippen molar-refractivity contribution in [3.05, 3.63) is 34.9 Å². The lowest BCUT2D eigenvalue weighted by molar-refractivity contribution is -0.124. The second-order valence-corrected chi connectivity index (χ2v) is 7.68. The smallest absolute Gasteiger partial charge is 0.251 e. The molecule has 1 fully saturated rings. The van der Waals surface area contributed by atoms with Crippen LogP contribution >= 0.6 is 24.0 Å². The van der Waals surface area contributed by atoms with Crippen LogP contribution in [0.4, 0.5) is 0 Å². The number of hydrogen-bond donors (Lipinski definition) is 3. The van der Waals surface area contributed by atoms with Crippen LogP contribution in [0.5, 0.6) is 0 Å². The SMILES string of the molecule is CC(C)CC(NC(=O)c1ccc(Cl)cc1)C(=O)NC1CCNC(C)C1.Cl. The summed E-state index contributed by atoms with van der Waals surface area (Å²) < 4.78 is 0. The van der Waals surface area contributed by atoms with E-state index in [1.54, 1.807) is 24.3 Å². The summed E-state index contributed by atoms with van der Waals surface area (Å²) >= 11 is 5.86. The molecule has 0 aliphatic carbocycles. The molecule has 1 saturated heterocycles. The molecule has 0 aromatic heterocycles. The Labute approximate surface area is 167 Å². The molecule has 0 spiro atoms. The number of amides is 2. The first kappa shape index (κ1) is 22.7. The molecule has 0 bridgehead atoms. The molecular weight excluding hydrogens is 373 g/mol. The zero-order valence-corrected chi connectivity index (χ0v) is 17.1. The number of piperidine rings is 1. The summed E-state index contributed by atoms with van der Waals surface area (Å²) in [6.07, 6.45) is 2.42. The topological polar surface area (TPSA) is 70.2 Å². The Morgan fingerprint density at radius 3 is 2.50 bits per heavy atom. The minimum Gasteiger partial charge on any atom is -0.351 e. The molecule has 26 heavy (non-hydrogen) atoms. The monoisotopic (exact) mass is 401 g/mol. The first-order valence-corrected chi connectivity index (χ1v) is 9.33. The summed E-state index contributed by atoms with van der Waals surface area (Å²) in [6, 6.07) is 6.69. The summed E-state index contributed by atoms with van der Waals surface area (Å²) in [6.45, 7) is 7.10. The van der Waals surface area contributed by atoms with Gasteiger partial charge < -0.3 is 16.0 Å². The van der Waals surface area contributed by atoms with Gasteiger partial charge >= 0.3 is 0 Å². The molecule has 5 nitrogen and oxygen atoms in total. The standard InChI is InChI=1S/C19H28ClN3O2.ClH/c1-12(2)10-17(19(25)22-16-8-9-21-13(3)11-16)23-18(24)14-4-6-15(20)7-5-14;/h4-7,12-13,16-17,21H,8-11H2,1-3H3,(H,22,25)(H,23,24);1H. The van der Waals surface area contributed by atoms with Crippen LogP contribution in [0, 0.1) is 5.92 Å². The minimum absolute atomic E-state index is 0. The molecule has 1 aromatic carbocycles. The molecule has 0 radical (unpaired) electrons. The normalized spacial score (nSPS) is 20.8. The highest BCUT2D eigenvalue weighted by Gasteiger charge is 2.26. The molecule has 1 aliphatic rings. The van der Waals surface area contributed by atoms with Gasteiger partial charge in [0.15, 0.2) is 0 Å². The highest BCUT2D eigenvalue weighted by atomic mass is 35.5. The maximum absolute atomic E-state index is 12.7. The van der Waals surface area contributed by atoms with Gasteiger partial charge in [0.1, 0.15) is 6.04 Å². The van der Waals surface area contributed by atoms with Crippen molar-refractivity contribution in [1.82, 2.24) is 16.0 Å². The van der Waals surface area contributed by atoms with Crippen LogP contribution < -0.4 is 16.0 Å². The van der Waals surface area contributed by atoms with Crippen LogP contribution in [0.2, 0.25) is 5.02 Å². The number of carbonyl (C=O) groups is 2. The Morgan fingerprint density at radius 1 is 1.27 bits per heavy atom. The maximum atomic E-state index is 12.7. The number of rotatable bonds is 6. The van der Waals surface area contributed by atoms with Gasteiger partial charge in [-0.3, -0.25) is 9.59 Å². The Balaban J connectivity index is 0.00000338. The molecule has 1 heterocycles. The molecule has 146 valence electrons. The van der Waals surface area contributed by atoms with Gasteiger partial charge in [-0.25, -0.2) is 0 Å². The summed E-state index contributed by atoms with van der Waals surface area (Å²) in [5.74, 6) is -0.0560. The molecule has 2 rings (SSSR count). The fourth-order valence-corrected chi connectivity index (χ4v) is 3.24. The van der Waals surface area contributed by atoms with Crippen molar-refractivity contribution in [2.75, 3.05) is 6.54 Å². The van der Waals surface area contributed by atoms with Crippen LogP contribution in [0.1, 0.15) is 50.4 Å². The fraction of sp³-hybridized carbons (Fsp3) is 0.579. The predicted octanol–water partition coefficient (Wildman–Crippen LogP) is 3.16. The Kier molecular flexibility index (Phi) is 9.41. The van der Waals surface area contributed by atoms with Gasteiger partial charge in [-0.2, -0.15) is 0 Å². The highest BCUT2D eigenvalue weighted by molar-refractivity contribution is 6.30. The van der Waals surface area contributed by atoms with E-state index < -0.39 is 6.04 Å². The number of nitrogens with one attached hydrogen (secondary N) is 3. The zero-order valence-electron chi connectivity index (χ0n) is 15.5. The van der Waals surface area contributed by atoms with Crippen molar-refractivity contribution >= 4 is 35.8 Å². The Hall–Kier alpha value is -1.30. The maximum Gasteiger partial charge on any atom is 0.251 e. The molecule has 3 unspecified atom stereocenters. The average Bonchev–Trinajstić information content (AvgIpc) is 2.54. The van der Waals surface area contributed by atoms with Crippen molar-refractivity contribution < 1.29 is 9.59 Å². The summed E-state index contributed by atoms with van der Waals surface area (Å²) in [7, 11) is 0. The van der Waals surface area contributed by atoms with E-state index >= 15 is 0 Å². The second-order valence-electron chi connectivity index (χ2n) is 7.25. The third-order valence-electron chi connectivity index (χ3n) is 4.41. The van der Waals surface area contributed by atoms with Crippen molar-refractivity contribution in [2.45, 2.75) is 58.2 Å². The van der Waals surface area contributed by atoms with Gasteiger partial charge in [-0.1, -0.05) is 25.4 Å². The molecule has 3 N–H and O–H groups in total. The first-order valence-electron chi connectivity index (χ1n) is 8.95. The molecular formula is C19H29Cl2N3O2. The Morgan fingerprint density at radius 2 is 1.92 bits per heavy atom. The van der Waals surface area contributed by atoms with Gasteiger partial charge in [0.2, 0.25) is 5.91 Å². The lowest BCUT2D eigenvalue weighted by Gasteiger charge is -2.30. The van der Waals surface area contributed by atoms with E-state index in [0.29, 0.717) is 29.0 Å². The van der Waals surface area contributed by atoms with Crippen LogP contribution in [-0.4, -0.2) is 36.5 Å². The number of carbonyl (C=O) groups excluding carboxylic acids is 2. The largest absolute Gasteiger partial charge is 0.351 e. The second kappa shape index (κ2) is 10.8. The van der Waals surface area contributed by atoms with E-state index in [0.717, 1.165) is 19.4 Å². The molecule has 0 saturated carbocycles. The van der Waals surface area contributed by atoms with E-state index in [1.165, 1.54) is 0 Å². The van der Waals surface area contributed by atoms with E-state index in [2.05, 4.69) is 22.9 Å². The van der Waals surface area contributed by atoms with E-state index in [-0.39, 0.29) is 30.3 Å². The van der Waals surface area contributed by atoms with Crippen molar-refractivity contribution in [3.63, 3.8) is 0 Å². The van der Waals surface area contributed by atoms with Crippen molar-refractivity contribution in [2.24, 2.45) is 5.92 Å². The van der Waals surface area contributed by atoms with Crippen molar-refractivity contribution in [3.8, 4) is 0 Å². The number of benzene rings is 1. The predicted molar refractivity (Wildman–Crippen MR) is 108 cm³/mol. The highest BCUT2D eigenvalue weighted by Crippen LogP contribution is 2.13. The van der Waals surface area contributed by atoms with E-state index in [1.807, 2.05) is 13.8 Å². The summed E-state index contributed by atoms with van der Waals surface area (Å²) in [5.41, 5.74) is 0.501. The number of halogens is 2. The molecule has 7 heteroatoms. The van der Waals surface area contributed by atoms with Crippen molar-refractivity contribution in [1.29, 1.82) is 0 Å². The first-order chi connectivity index (χ1) is 11.8. The quantitative estimate of drug-likeness (QED) is 0.685. The van der Waals surface area contributed by atoms with Gasteiger partial charge in [0, 0.05) is 22.7 Å². The van der Waals surface area contributed by atoms with Crippen LogP contribution in [-0.2, 0) is 4.79 Å². The third kappa shape index (κ3) is 7.14. The van der Waals surface area contributed by atoms with Gasteiger partial charge in [0.05, 0.1) is 0 Å². The lowest BCUT2D eigenvalue weighted by Crippen LogP contribution is -2.53. The van der Waals surface area contributed by atoms with Gasteiger partial charge in [-0.05, 0) is 62.9 Å². The average molecular weight is 402 g/mol. The van der Waals surface area contributed by atoms with Gasteiger partial charge in [-0.15, -0.1) is 12.4 Å². The molecule has 1 aromatic rings. The third-order valence-corrected chi connectivity index (χ3v) is 4.66. The molecule has 1 aliphatic heterocycles. The van der Waals surface area contributed by atoms with Crippen LogP contribution in [0.3, 0.4) is 0 Å². The van der Waals surface area contributed by atoms with Crippen LogP contribution in [0.15, 0.2) is 24.3 Å². The number of hydrogen-bond acceptors (Lipinski definition) is 3. The Bertz CT molecular complexity index is 593. The lowest BCUT2D eigenvalue weighted by atomic mass is 9.98. The van der Waals surface area contributed by atoms with Gasteiger partial charge in [0.25, 0.3) is 5.91 Å². The van der Waals surface area contributed by atoms with Crippen LogP contribution in [0.25, 0.3) is 0 Å². The zero-order chi connectivity index (χ0) is 18.4. The fourth-order valence-electron chi connectivity index (χ4n) is 3.11.